The van der Waals surface area contributed by atoms with Gasteiger partial charge in [0.2, 0.25) is 0 Å². The first-order valence-electron chi connectivity index (χ1n) is 7.83. The lowest BCUT2D eigenvalue weighted by Crippen LogP contribution is -2.40. The zero-order chi connectivity index (χ0) is 17.2. The number of amides is 1. The van der Waals surface area contributed by atoms with Gasteiger partial charge in [0.15, 0.2) is 0 Å². The number of pyridine rings is 1. The molecule has 1 saturated heterocycles. The average Bonchev–Trinajstić information content (AvgIpc) is 2.99. The molecule has 1 aliphatic rings. The van der Waals surface area contributed by atoms with Gasteiger partial charge in [-0.3, -0.25) is 9.59 Å². The highest BCUT2D eigenvalue weighted by molar-refractivity contribution is 5.94. The molecule has 1 aromatic heterocycles. The minimum absolute atomic E-state index is 0.122. The maximum atomic E-state index is 12.5. The number of aryl methyl sites for hydroxylation is 1. The fourth-order valence-electron chi connectivity index (χ4n) is 2.75. The van der Waals surface area contributed by atoms with E-state index in [1.165, 1.54) is 10.6 Å². The van der Waals surface area contributed by atoms with Crippen molar-refractivity contribution in [3.8, 4) is 5.75 Å². The standard InChI is InChI=1S/C18H20N2O4/c1-19-9-7-14(11-16(19)21)17(22)20-10-8-18(23,12-20)13-24-15-5-3-2-4-6-15/h2-7,9,11,23H,8,10,12-13H2,1H3. The number of hydrogen-bond donors (Lipinski definition) is 1. The van der Waals surface area contributed by atoms with Crippen LogP contribution in [-0.4, -0.2) is 45.8 Å². The molecular weight excluding hydrogens is 308 g/mol. The second-order valence-corrected chi connectivity index (χ2v) is 6.17. The molecule has 1 unspecified atom stereocenters. The molecule has 1 aliphatic heterocycles. The van der Waals surface area contributed by atoms with E-state index in [4.69, 9.17) is 4.74 Å². The normalized spacial score (nSPS) is 20.2. The highest BCUT2D eigenvalue weighted by Crippen LogP contribution is 2.24. The summed E-state index contributed by atoms with van der Waals surface area (Å²) in [4.78, 5) is 25.7. The SMILES string of the molecule is Cn1ccc(C(=O)N2CCC(O)(COc3ccccc3)C2)cc1=O. The quantitative estimate of drug-likeness (QED) is 0.910. The second kappa shape index (κ2) is 6.49. The third-order valence-electron chi connectivity index (χ3n) is 4.22. The third kappa shape index (κ3) is 3.49. The predicted octanol–water partition coefficient (Wildman–Crippen LogP) is 1.04. The first-order chi connectivity index (χ1) is 11.5. The molecule has 2 aromatic rings. The maximum Gasteiger partial charge on any atom is 0.254 e. The Labute approximate surface area is 139 Å². The van der Waals surface area contributed by atoms with E-state index >= 15 is 0 Å². The Morgan fingerprint density at radius 3 is 2.75 bits per heavy atom. The lowest BCUT2D eigenvalue weighted by molar-refractivity contribution is 0.00430. The zero-order valence-corrected chi connectivity index (χ0v) is 13.5. The van der Waals surface area contributed by atoms with Crippen molar-refractivity contribution in [2.75, 3.05) is 19.7 Å². The van der Waals surface area contributed by atoms with E-state index in [1.54, 1.807) is 24.2 Å². The number of β-amino-alcohol motifs (C(OH)–C–C–N with tert-alkyl or cyclic N) is 1. The van der Waals surface area contributed by atoms with Crippen LogP contribution in [0.5, 0.6) is 5.75 Å². The van der Waals surface area contributed by atoms with Crippen LogP contribution in [0.15, 0.2) is 53.5 Å². The topological polar surface area (TPSA) is 71.8 Å². The van der Waals surface area contributed by atoms with Crippen LogP contribution in [-0.2, 0) is 7.05 Å². The van der Waals surface area contributed by atoms with Gasteiger partial charge in [-0.1, -0.05) is 18.2 Å². The number of aromatic nitrogens is 1. The van der Waals surface area contributed by atoms with Gasteiger partial charge in [0.1, 0.15) is 18.0 Å². The summed E-state index contributed by atoms with van der Waals surface area (Å²) in [5, 5.41) is 10.6. The molecule has 24 heavy (non-hydrogen) atoms. The van der Waals surface area contributed by atoms with E-state index in [0.717, 1.165) is 0 Å². The van der Waals surface area contributed by atoms with Gasteiger partial charge in [-0.2, -0.15) is 0 Å². The average molecular weight is 328 g/mol. The lowest BCUT2D eigenvalue weighted by Gasteiger charge is -2.23. The van der Waals surface area contributed by atoms with Gasteiger partial charge in [-0.25, -0.2) is 0 Å². The van der Waals surface area contributed by atoms with Crippen LogP contribution < -0.4 is 10.3 Å². The van der Waals surface area contributed by atoms with Crippen LogP contribution in [0.25, 0.3) is 0 Å². The fourth-order valence-corrected chi connectivity index (χ4v) is 2.75. The van der Waals surface area contributed by atoms with E-state index in [2.05, 4.69) is 0 Å². The van der Waals surface area contributed by atoms with Crippen molar-refractivity contribution < 1.29 is 14.6 Å². The molecule has 0 radical (unpaired) electrons. The molecule has 1 N–H and O–H groups in total. The van der Waals surface area contributed by atoms with Gasteiger partial charge in [0, 0.05) is 31.4 Å². The van der Waals surface area contributed by atoms with E-state index < -0.39 is 5.60 Å². The molecular formula is C18H20N2O4. The molecule has 2 heterocycles. The molecule has 6 nitrogen and oxygen atoms in total. The number of likely N-dealkylation sites (tertiary alicyclic amines) is 1. The Balaban J connectivity index is 1.64. The van der Waals surface area contributed by atoms with E-state index in [0.29, 0.717) is 24.3 Å². The number of para-hydroxylation sites is 1. The van der Waals surface area contributed by atoms with Crippen LogP contribution in [0.3, 0.4) is 0 Å². The van der Waals surface area contributed by atoms with Crippen LogP contribution in [0.2, 0.25) is 0 Å². The molecule has 0 bridgehead atoms. The second-order valence-electron chi connectivity index (χ2n) is 6.17. The van der Waals surface area contributed by atoms with Crippen molar-refractivity contribution >= 4 is 5.91 Å². The number of rotatable bonds is 4. The van der Waals surface area contributed by atoms with Gasteiger partial charge in [-0.15, -0.1) is 0 Å². The number of ether oxygens (including phenoxy) is 1. The smallest absolute Gasteiger partial charge is 0.254 e. The van der Waals surface area contributed by atoms with Gasteiger partial charge >= 0.3 is 0 Å². The molecule has 1 fully saturated rings. The molecule has 1 aromatic carbocycles. The van der Waals surface area contributed by atoms with E-state index in [-0.39, 0.29) is 24.6 Å². The summed E-state index contributed by atoms with van der Waals surface area (Å²) in [6.07, 6.45) is 2.01. The van der Waals surface area contributed by atoms with Crippen LogP contribution in [0.1, 0.15) is 16.8 Å². The van der Waals surface area contributed by atoms with E-state index in [1.807, 2.05) is 30.3 Å². The van der Waals surface area contributed by atoms with Crippen molar-refractivity contribution in [1.82, 2.24) is 9.47 Å². The Kier molecular flexibility index (Phi) is 4.40. The van der Waals surface area contributed by atoms with Crippen LogP contribution in [0, 0.1) is 0 Å². The monoisotopic (exact) mass is 328 g/mol. The van der Waals surface area contributed by atoms with Crippen molar-refractivity contribution in [3.63, 3.8) is 0 Å². The molecule has 6 heteroatoms. The Bertz CT molecular complexity index is 787. The largest absolute Gasteiger partial charge is 0.491 e. The van der Waals surface area contributed by atoms with Crippen molar-refractivity contribution in [3.05, 3.63) is 64.6 Å². The van der Waals surface area contributed by atoms with Gasteiger partial charge < -0.3 is 19.3 Å². The summed E-state index contributed by atoms with van der Waals surface area (Å²) in [5.74, 6) is 0.436. The number of benzene rings is 1. The minimum Gasteiger partial charge on any atom is -0.491 e. The Morgan fingerprint density at radius 2 is 2.04 bits per heavy atom. The highest BCUT2D eigenvalue weighted by atomic mass is 16.5. The first-order valence-corrected chi connectivity index (χ1v) is 7.83. The Morgan fingerprint density at radius 1 is 1.29 bits per heavy atom. The number of carbonyl (C=O) groups is 1. The summed E-state index contributed by atoms with van der Waals surface area (Å²) in [6, 6.07) is 12.2. The molecule has 0 saturated carbocycles. The third-order valence-corrected chi connectivity index (χ3v) is 4.22. The number of aliphatic hydroxyl groups is 1. The summed E-state index contributed by atoms with van der Waals surface area (Å²) in [7, 11) is 1.63. The number of carbonyl (C=O) groups excluding carboxylic acids is 1. The number of hydrogen-bond acceptors (Lipinski definition) is 4. The molecule has 126 valence electrons. The van der Waals surface area contributed by atoms with Crippen molar-refractivity contribution in [1.29, 1.82) is 0 Å². The van der Waals surface area contributed by atoms with Crippen LogP contribution >= 0.6 is 0 Å². The zero-order valence-electron chi connectivity index (χ0n) is 13.5. The summed E-state index contributed by atoms with van der Waals surface area (Å²) >= 11 is 0. The Hall–Kier alpha value is -2.60. The first kappa shape index (κ1) is 16.3. The number of nitrogens with zero attached hydrogens (tertiary/aromatic N) is 2. The van der Waals surface area contributed by atoms with Crippen molar-refractivity contribution in [2.45, 2.75) is 12.0 Å². The predicted molar refractivity (Wildman–Crippen MR) is 89.1 cm³/mol. The summed E-state index contributed by atoms with van der Waals surface area (Å²) in [5.41, 5.74) is -0.973. The van der Waals surface area contributed by atoms with Gasteiger partial charge in [0.25, 0.3) is 11.5 Å². The molecule has 1 amide bonds. The lowest BCUT2D eigenvalue weighted by atomic mass is 10.1. The molecule has 3 rings (SSSR count). The van der Waals surface area contributed by atoms with Crippen LogP contribution in [0.4, 0.5) is 0 Å². The molecule has 1 atom stereocenters. The highest BCUT2D eigenvalue weighted by Gasteiger charge is 2.39. The summed E-state index contributed by atoms with van der Waals surface area (Å²) in [6.45, 7) is 0.744. The van der Waals surface area contributed by atoms with Gasteiger partial charge in [0.05, 0.1) is 6.54 Å². The molecule has 0 aliphatic carbocycles. The van der Waals surface area contributed by atoms with Gasteiger partial charge in [-0.05, 0) is 24.6 Å². The molecule has 0 spiro atoms. The summed E-state index contributed by atoms with van der Waals surface area (Å²) < 4.78 is 7.03. The fraction of sp³-hybridized carbons (Fsp3) is 0.333. The minimum atomic E-state index is -1.08. The van der Waals surface area contributed by atoms with E-state index in [9.17, 15) is 14.7 Å². The maximum absolute atomic E-state index is 12.5. The van der Waals surface area contributed by atoms with Crippen molar-refractivity contribution in [2.24, 2.45) is 7.05 Å².